The fourth-order valence-electron chi connectivity index (χ4n) is 11.8. The molecular weight excluding hydrogens is 837 g/mol. The third-order valence-corrected chi connectivity index (χ3v) is 16.5. The lowest BCUT2D eigenvalue weighted by Gasteiger charge is -2.45. The lowest BCUT2D eigenvalue weighted by Crippen LogP contribution is -2.42. The van der Waals surface area contributed by atoms with Crippen LogP contribution in [0, 0.1) is 28.1 Å². The first-order valence-electron chi connectivity index (χ1n) is 23.9. The highest BCUT2D eigenvalue weighted by Crippen LogP contribution is 2.65. The number of hydrogen-bond acceptors (Lipinski definition) is 2. The van der Waals surface area contributed by atoms with Gasteiger partial charge >= 0.3 is 0 Å². The highest BCUT2D eigenvalue weighted by molar-refractivity contribution is 6.14. The number of nitrogens with zero attached hydrogens (tertiary/aromatic N) is 4. The molecule has 2 heterocycles. The molecule has 0 amide bonds. The summed E-state index contributed by atoms with van der Waals surface area (Å²) >= 11 is 0. The second kappa shape index (κ2) is 15.3. The van der Waals surface area contributed by atoms with Crippen molar-refractivity contribution in [2.45, 2.75) is 52.4 Å². The summed E-state index contributed by atoms with van der Waals surface area (Å²) in [7, 11) is 0. The zero-order chi connectivity index (χ0) is 47.4. The molecule has 0 spiro atoms. The topological polar surface area (TPSA) is 57.4 Å². The number of nitriles is 2. The van der Waals surface area contributed by atoms with Gasteiger partial charge in [-0.15, -0.1) is 0 Å². The molecule has 0 saturated carbocycles. The molecule has 0 aliphatic heterocycles. The van der Waals surface area contributed by atoms with Crippen molar-refractivity contribution in [2.24, 2.45) is 5.41 Å². The van der Waals surface area contributed by atoms with Crippen LogP contribution in [0.25, 0.3) is 99.5 Å². The van der Waals surface area contributed by atoms with Crippen LogP contribution >= 0.6 is 0 Å². The lowest BCUT2D eigenvalue weighted by atomic mass is 9.59. The summed E-state index contributed by atoms with van der Waals surface area (Å²) in [5.41, 5.74) is 16.2. The van der Waals surface area contributed by atoms with Gasteiger partial charge in [-0.2, -0.15) is 10.5 Å². The molecule has 11 aromatic rings. The summed E-state index contributed by atoms with van der Waals surface area (Å²) in [6.45, 7) is 14.1. The summed E-state index contributed by atoms with van der Waals surface area (Å²) in [5, 5.41) is 28.1. The van der Waals surface area contributed by atoms with Gasteiger partial charge in [0.25, 0.3) is 0 Å². The first-order valence-corrected chi connectivity index (χ1v) is 23.9. The third-order valence-electron chi connectivity index (χ3n) is 16.5. The van der Waals surface area contributed by atoms with E-state index in [0.29, 0.717) is 11.1 Å². The van der Waals surface area contributed by atoms with Crippen molar-refractivity contribution >= 4 is 43.6 Å². The molecule has 2 aromatic heterocycles. The van der Waals surface area contributed by atoms with Gasteiger partial charge in [-0.05, 0) is 120 Å². The van der Waals surface area contributed by atoms with E-state index in [1.54, 1.807) is 0 Å². The Morgan fingerprint density at radius 2 is 0.565 bits per heavy atom. The van der Waals surface area contributed by atoms with Gasteiger partial charge in [-0.3, -0.25) is 0 Å². The molecule has 0 unspecified atom stereocenters. The Kier molecular flexibility index (Phi) is 9.30. The van der Waals surface area contributed by atoms with E-state index in [2.05, 4.69) is 257 Å². The quantitative estimate of drug-likeness (QED) is 0.167. The fourth-order valence-corrected chi connectivity index (χ4v) is 11.8. The van der Waals surface area contributed by atoms with Crippen LogP contribution < -0.4 is 0 Å². The van der Waals surface area contributed by atoms with Gasteiger partial charge in [0.1, 0.15) is 12.1 Å². The van der Waals surface area contributed by atoms with E-state index in [0.717, 1.165) is 111 Å². The summed E-state index contributed by atoms with van der Waals surface area (Å²) in [5.74, 6) is 0. The molecule has 0 atom stereocenters. The molecule has 330 valence electrons. The Balaban J connectivity index is 1.24. The minimum absolute atomic E-state index is 0.341. The van der Waals surface area contributed by atoms with Gasteiger partial charge in [0.2, 0.25) is 0 Å². The van der Waals surface area contributed by atoms with Gasteiger partial charge in [-0.25, -0.2) is 0 Å². The normalized spacial score (nSPS) is 14.6. The van der Waals surface area contributed by atoms with Crippen LogP contribution in [0.5, 0.6) is 0 Å². The third kappa shape index (κ3) is 5.99. The van der Waals surface area contributed by atoms with E-state index < -0.39 is 10.8 Å². The SMILES string of the molecule is CC1(C)c2c(-n3c4ccc(-c5ccccc5)cc4c4cc(-c5ccccc5)ccc43)c(C#N)c(C#N)c(-n3c4ccc(-c5ccccc5)cc4c4cc(-c5ccccc5)ccc43)c2C(C)(C)C1(C)C. The van der Waals surface area contributed by atoms with Crippen molar-refractivity contribution in [1.82, 2.24) is 9.13 Å². The van der Waals surface area contributed by atoms with Gasteiger partial charge in [0, 0.05) is 21.5 Å². The summed E-state index contributed by atoms with van der Waals surface area (Å²) < 4.78 is 4.64. The second-order valence-electron chi connectivity index (χ2n) is 20.4. The minimum Gasteiger partial charge on any atom is -0.308 e. The van der Waals surface area contributed by atoms with E-state index in [4.69, 9.17) is 0 Å². The van der Waals surface area contributed by atoms with Gasteiger partial charge in [0.05, 0.1) is 44.6 Å². The van der Waals surface area contributed by atoms with Crippen molar-refractivity contribution < 1.29 is 0 Å². The van der Waals surface area contributed by atoms with Crippen LogP contribution in [0.15, 0.2) is 194 Å². The number of rotatable bonds is 6. The Bertz CT molecular complexity index is 3510. The molecule has 0 fully saturated rings. The van der Waals surface area contributed by atoms with E-state index in [-0.39, 0.29) is 5.41 Å². The maximum atomic E-state index is 11.9. The molecular formula is C65H50N4. The molecule has 4 nitrogen and oxygen atoms in total. The minimum atomic E-state index is -0.480. The molecule has 0 N–H and O–H groups in total. The number of aromatic nitrogens is 2. The standard InChI is InChI=1S/C65H50N4/c1-63(2)59-60(64(3,4)65(63,5)6)62(69-57-33-29-47(43-23-15-9-16-24-43)37-51(57)52-38-48(30-34-58(52)69)44-25-17-10-18-26-44)54(40-67)53(39-66)61(59)68-55-31-27-45(41-19-11-7-12-20-41)35-49(55)50-36-46(28-32-56(50)68)42-21-13-8-14-22-42/h7-38H,1-6H3. The van der Waals surface area contributed by atoms with Crippen LogP contribution in [0.2, 0.25) is 0 Å². The van der Waals surface area contributed by atoms with Gasteiger partial charge in [-0.1, -0.05) is 187 Å². The lowest BCUT2D eigenvalue weighted by molar-refractivity contribution is 0.125. The highest BCUT2D eigenvalue weighted by Gasteiger charge is 2.60. The van der Waals surface area contributed by atoms with Crippen molar-refractivity contribution in [3.05, 3.63) is 216 Å². The predicted octanol–water partition coefficient (Wildman–Crippen LogP) is 16.9. The van der Waals surface area contributed by atoms with Gasteiger partial charge < -0.3 is 9.13 Å². The second-order valence-corrected chi connectivity index (χ2v) is 20.4. The average Bonchev–Trinajstić information content (AvgIpc) is 3.92. The fraction of sp³-hybridized carbons (Fsp3) is 0.138. The smallest absolute Gasteiger partial charge is 0.103 e. The van der Waals surface area contributed by atoms with Crippen LogP contribution in [-0.2, 0) is 10.8 Å². The van der Waals surface area contributed by atoms with Crippen molar-refractivity contribution in [3.63, 3.8) is 0 Å². The maximum absolute atomic E-state index is 11.9. The number of hydrogen-bond donors (Lipinski definition) is 0. The number of benzene rings is 9. The van der Waals surface area contributed by atoms with Crippen molar-refractivity contribution in [2.75, 3.05) is 0 Å². The number of fused-ring (bicyclic) bond motifs is 7. The average molecular weight is 887 g/mol. The maximum Gasteiger partial charge on any atom is 0.103 e. The van der Waals surface area contributed by atoms with Crippen molar-refractivity contribution in [3.8, 4) is 68.0 Å². The molecule has 12 rings (SSSR count). The zero-order valence-electron chi connectivity index (χ0n) is 39.8. The van der Waals surface area contributed by atoms with Crippen LogP contribution in [0.1, 0.15) is 63.8 Å². The molecule has 9 aromatic carbocycles. The first-order chi connectivity index (χ1) is 33.4. The molecule has 1 aliphatic carbocycles. The van der Waals surface area contributed by atoms with E-state index in [9.17, 15) is 10.5 Å². The molecule has 0 saturated heterocycles. The molecule has 0 radical (unpaired) electrons. The summed E-state index contributed by atoms with van der Waals surface area (Å²) in [4.78, 5) is 0. The summed E-state index contributed by atoms with van der Waals surface area (Å²) in [6.07, 6.45) is 0. The largest absolute Gasteiger partial charge is 0.308 e. The van der Waals surface area contributed by atoms with E-state index >= 15 is 0 Å². The van der Waals surface area contributed by atoms with Crippen LogP contribution in [0.4, 0.5) is 0 Å². The Hall–Kier alpha value is -8.44. The molecule has 4 heteroatoms. The van der Waals surface area contributed by atoms with Crippen LogP contribution in [0.3, 0.4) is 0 Å². The molecule has 0 bridgehead atoms. The van der Waals surface area contributed by atoms with Gasteiger partial charge in [0.15, 0.2) is 0 Å². The Morgan fingerprint density at radius 1 is 0.319 bits per heavy atom. The monoisotopic (exact) mass is 886 g/mol. The Labute approximate surface area is 403 Å². The van der Waals surface area contributed by atoms with Crippen molar-refractivity contribution in [1.29, 1.82) is 10.5 Å². The Morgan fingerprint density at radius 3 is 0.797 bits per heavy atom. The highest BCUT2D eigenvalue weighted by atomic mass is 15.0. The van der Waals surface area contributed by atoms with E-state index in [1.807, 2.05) is 0 Å². The summed E-state index contributed by atoms with van der Waals surface area (Å²) in [6, 6.07) is 74.4. The predicted molar refractivity (Wildman–Crippen MR) is 286 cm³/mol. The molecule has 1 aliphatic rings. The zero-order valence-corrected chi connectivity index (χ0v) is 39.8. The first kappa shape index (κ1) is 42.0. The molecule has 69 heavy (non-hydrogen) atoms. The van der Waals surface area contributed by atoms with E-state index in [1.165, 1.54) is 0 Å². The van der Waals surface area contributed by atoms with Crippen LogP contribution in [-0.4, -0.2) is 9.13 Å².